The molecule has 1 aromatic carbocycles. The highest BCUT2D eigenvalue weighted by Crippen LogP contribution is 2.32. The summed E-state index contributed by atoms with van der Waals surface area (Å²) in [6.45, 7) is 4.66. The largest absolute Gasteiger partial charge is 0.493 e. The number of ether oxygens (including phenoxy) is 1. The van der Waals surface area contributed by atoms with E-state index in [2.05, 4.69) is 15.3 Å². The van der Waals surface area contributed by atoms with Crippen molar-refractivity contribution in [2.45, 2.75) is 20.3 Å². The van der Waals surface area contributed by atoms with Gasteiger partial charge in [0, 0.05) is 6.42 Å². The Morgan fingerprint density at radius 2 is 2.05 bits per heavy atom. The number of rotatable bonds is 4. The van der Waals surface area contributed by atoms with Gasteiger partial charge in [0.15, 0.2) is 10.8 Å². The third-order valence-corrected chi connectivity index (χ3v) is 3.72. The molecule has 3 aromatic rings. The van der Waals surface area contributed by atoms with E-state index in [-0.39, 0.29) is 0 Å². The first-order valence-corrected chi connectivity index (χ1v) is 7.08. The summed E-state index contributed by atoms with van der Waals surface area (Å²) in [5.41, 5.74) is 1.00. The van der Waals surface area contributed by atoms with Crippen LogP contribution in [0.2, 0.25) is 0 Å². The number of aromatic nitrogens is 4. The predicted molar refractivity (Wildman–Crippen MR) is 74.6 cm³/mol. The van der Waals surface area contributed by atoms with Crippen LogP contribution in [-0.4, -0.2) is 26.4 Å². The van der Waals surface area contributed by atoms with Gasteiger partial charge in [-0.3, -0.25) is 0 Å². The molecule has 3 rings (SSSR count). The van der Waals surface area contributed by atoms with Crippen LogP contribution in [0.25, 0.3) is 15.5 Å². The van der Waals surface area contributed by atoms with Crippen molar-refractivity contribution >= 4 is 16.3 Å². The molecule has 0 spiro atoms. The molecule has 0 aliphatic carbocycles. The zero-order chi connectivity index (χ0) is 13.2. The quantitative estimate of drug-likeness (QED) is 0.734. The second kappa shape index (κ2) is 4.97. The molecular formula is C13H14N4OS. The van der Waals surface area contributed by atoms with Gasteiger partial charge in [0.1, 0.15) is 5.75 Å². The summed E-state index contributed by atoms with van der Waals surface area (Å²) in [5, 5.41) is 13.7. The normalized spacial score (nSPS) is 11.1. The summed E-state index contributed by atoms with van der Waals surface area (Å²) >= 11 is 1.52. The average molecular weight is 274 g/mol. The molecule has 0 atom stereocenters. The molecule has 5 nitrogen and oxygen atoms in total. The van der Waals surface area contributed by atoms with E-state index in [9.17, 15) is 0 Å². The Hall–Kier alpha value is -1.95. The summed E-state index contributed by atoms with van der Waals surface area (Å²) in [6, 6.07) is 7.93. The Balaban J connectivity index is 2.11. The Morgan fingerprint density at radius 1 is 1.21 bits per heavy atom. The molecule has 0 amide bonds. The molecule has 0 N–H and O–H groups in total. The topological polar surface area (TPSA) is 52.3 Å². The van der Waals surface area contributed by atoms with Gasteiger partial charge in [-0.25, -0.2) is 0 Å². The van der Waals surface area contributed by atoms with Crippen LogP contribution in [0.15, 0.2) is 24.3 Å². The molecule has 0 fully saturated rings. The van der Waals surface area contributed by atoms with E-state index in [1.54, 1.807) is 0 Å². The van der Waals surface area contributed by atoms with Crippen molar-refractivity contribution in [1.82, 2.24) is 19.8 Å². The molecule has 0 aliphatic rings. The van der Waals surface area contributed by atoms with Crippen LogP contribution in [-0.2, 0) is 6.42 Å². The van der Waals surface area contributed by atoms with Crippen molar-refractivity contribution in [2.24, 2.45) is 0 Å². The Morgan fingerprint density at radius 3 is 2.84 bits per heavy atom. The number of fused-ring (bicyclic) bond motifs is 1. The highest BCUT2D eigenvalue weighted by atomic mass is 32.1. The Labute approximate surface area is 114 Å². The van der Waals surface area contributed by atoms with Crippen LogP contribution >= 0.6 is 11.3 Å². The van der Waals surface area contributed by atoms with Gasteiger partial charge in [-0.1, -0.05) is 30.4 Å². The van der Waals surface area contributed by atoms with E-state index in [0.29, 0.717) is 6.61 Å². The Kier molecular flexibility index (Phi) is 3.16. The third kappa shape index (κ3) is 2.08. The molecule has 0 saturated heterocycles. The highest BCUT2D eigenvalue weighted by molar-refractivity contribution is 7.19. The molecule has 2 aromatic heterocycles. The van der Waals surface area contributed by atoms with E-state index in [1.807, 2.05) is 42.6 Å². The number of nitrogens with zero attached hydrogens (tertiary/aromatic N) is 4. The number of hydrogen-bond donors (Lipinski definition) is 0. The molecule has 98 valence electrons. The van der Waals surface area contributed by atoms with Crippen molar-refractivity contribution in [2.75, 3.05) is 6.61 Å². The summed E-state index contributed by atoms with van der Waals surface area (Å²) in [6.07, 6.45) is 0.817. The number of benzene rings is 1. The fourth-order valence-electron chi connectivity index (χ4n) is 1.91. The SMILES string of the molecule is CCOc1ccccc1-c1nn2c(CC)nnc2s1. The second-order valence-corrected chi connectivity index (χ2v) is 4.96. The second-order valence-electron chi connectivity index (χ2n) is 4.00. The first-order valence-electron chi connectivity index (χ1n) is 6.26. The van der Waals surface area contributed by atoms with Gasteiger partial charge >= 0.3 is 0 Å². The molecular weight excluding hydrogens is 260 g/mol. The molecule has 19 heavy (non-hydrogen) atoms. The molecule has 2 heterocycles. The molecule has 0 aliphatic heterocycles. The molecule has 0 unspecified atom stereocenters. The van der Waals surface area contributed by atoms with E-state index in [1.165, 1.54) is 11.3 Å². The molecule has 6 heteroatoms. The lowest BCUT2D eigenvalue weighted by Gasteiger charge is -2.06. The van der Waals surface area contributed by atoms with Crippen molar-refractivity contribution in [3.63, 3.8) is 0 Å². The monoisotopic (exact) mass is 274 g/mol. The Bertz CT molecular complexity index is 704. The maximum Gasteiger partial charge on any atom is 0.234 e. The van der Waals surface area contributed by atoms with Gasteiger partial charge < -0.3 is 4.74 Å². The predicted octanol–water partition coefficient (Wildman–Crippen LogP) is 2.81. The van der Waals surface area contributed by atoms with E-state index in [0.717, 1.165) is 33.5 Å². The van der Waals surface area contributed by atoms with Crippen LogP contribution in [0.3, 0.4) is 0 Å². The van der Waals surface area contributed by atoms with Gasteiger partial charge in [-0.05, 0) is 19.1 Å². The minimum Gasteiger partial charge on any atom is -0.493 e. The number of para-hydroxylation sites is 1. The maximum atomic E-state index is 5.64. The van der Waals surface area contributed by atoms with Gasteiger partial charge in [0.25, 0.3) is 0 Å². The summed E-state index contributed by atoms with van der Waals surface area (Å²) in [4.78, 5) is 0.818. The van der Waals surface area contributed by atoms with Crippen LogP contribution < -0.4 is 4.74 Å². The fourth-order valence-corrected chi connectivity index (χ4v) is 2.80. The van der Waals surface area contributed by atoms with Crippen molar-refractivity contribution in [1.29, 1.82) is 0 Å². The zero-order valence-corrected chi connectivity index (χ0v) is 11.6. The molecule has 0 radical (unpaired) electrons. The third-order valence-electron chi connectivity index (χ3n) is 2.79. The van der Waals surface area contributed by atoms with Crippen molar-refractivity contribution < 1.29 is 4.74 Å². The fraction of sp³-hybridized carbons (Fsp3) is 0.308. The van der Waals surface area contributed by atoms with Crippen LogP contribution in [0.1, 0.15) is 19.7 Å². The number of aryl methyl sites for hydroxylation is 1. The van der Waals surface area contributed by atoms with Gasteiger partial charge in [-0.2, -0.15) is 9.61 Å². The van der Waals surface area contributed by atoms with Crippen LogP contribution in [0, 0.1) is 0 Å². The molecule has 0 saturated carbocycles. The average Bonchev–Trinajstić information content (AvgIpc) is 2.99. The summed E-state index contributed by atoms with van der Waals surface area (Å²) in [5.74, 6) is 1.74. The first-order chi connectivity index (χ1) is 9.33. The van der Waals surface area contributed by atoms with Crippen molar-refractivity contribution in [3.05, 3.63) is 30.1 Å². The number of hydrogen-bond acceptors (Lipinski definition) is 5. The van der Waals surface area contributed by atoms with Gasteiger partial charge in [0.2, 0.25) is 4.96 Å². The van der Waals surface area contributed by atoms with E-state index >= 15 is 0 Å². The van der Waals surface area contributed by atoms with Crippen LogP contribution in [0.4, 0.5) is 0 Å². The maximum absolute atomic E-state index is 5.64. The lowest BCUT2D eigenvalue weighted by Crippen LogP contribution is -1.95. The first kappa shape index (κ1) is 12.1. The van der Waals surface area contributed by atoms with Crippen LogP contribution in [0.5, 0.6) is 5.75 Å². The molecule has 0 bridgehead atoms. The van der Waals surface area contributed by atoms with Gasteiger partial charge in [0.05, 0.1) is 12.2 Å². The highest BCUT2D eigenvalue weighted by Gasteiger charge is 2.14. The lowest BCUT2D eigenvalue weighted by molar-refractivity contribution is 0.341. The minimum atomic E-state index is 0.640. The smallest absolute Gasteiger partial charge is 0.234 e. The summed E-state index contributed by atoms with van der Waals surface area (Å²) < 4.78 is 7.45. The minimum absolute atomic E-state index is 0.640. The standard InChI is InChI=1S/C13H14N4OS/c1-3-11-14-15-13-17(11)16-12(19-13)9-7-5-6-8-10(9)18-4-2/h5-8H,3-4H2,1-2H3. The lowest BCUT2D eigenvalue weighted by atomic mass is 10.2. The summed E-state index contributed by atoms with van der Waals surface area (Å²) in [7, 11) is 0. The van der Waals surface area contributed by atoms with Crippen molar-refractivity contribution in [3.8, 4) is 16.3 Å². The zero-order valence-electron chi connectivity index (χ0n) is 10.8. The van der Waals surface area contributed by atoms with E-state index in [4.69, 9.17) is 4.74 Å². The van der Waals surface area contributed by atoms with Gasteiger partial charge in [-0.15, -0.1) is 10.2 Å². The van der Waals surface area contributed by atoms with E-state index < -0.39 is 0 Å².